The third-order valence-corrected chi connectivity index (χ3v) is 5.31. The fourth-order valence-electron chi connectivity index (χ4n) is 2.95. The average Bonchev–Trinajstić information content (AvgIpc) is 3.28. The van der Waals surface area contributed by atoms with Crippen molar-refractivity contribution >= 4 is 34.0 Å². The van der Waals surface area contributed by atoms with Gasteiger partial charge in [0.05, 0.1) is 15.8 Å². The van der Waals surface area contributed by atoms with Crippen molar-refractivity contribution in [3.8, 4) is 11.8 Å². The maximum atomic E-state index is 12.7. The Morgan fingerprint density at radius 3 is 2.67 bits per heavy atom. The van der Waals surface area contributed by atoms with Crippen molar-refractivity contribution < 1.29 is 4.79 Å². The number of thiophene rings is 1. The molecule has 8 heteroatoms. The first-order valence-electron chi connectivity index (χ1n) is 8.97. The number of nitrogens with one attached hydrogen (secondary N) is 1. The molecule has 4 aromatic rings. The van der Waals surface area contributed by atoms with Crippen molar-refractivity contribution in [3.63, 3.8) is 0 Å². The molecule has 0 spiro atoms. The summed E-state index contributed by atoms with van der Waals surface area (Å²) in [4.78, 5) is 42.2. The van der Waals surface area contributed by atoms with E-state index in [1.807, 2.05) is 23.6 Å². The van der Waals surface area contributed by atoms with E-state index in [-0.39, 0.29) is 16.6 Å². The molecule has 0 saturated heterocycles. The van der Waals surface area contributed by atoms with E-state index in [4.69, 9.17) is 0 Å². The Hall–Kier alpha value is -3.96. The number of fused-ring (bicyclic) bond motifs is 1. The zero-order chi connectivity index (χ0) is 21.3. The second-order valence-electron chi connectivity index (χ2n) is 6.56. The lowest BCUT2D eigenvalue weighted by molar-refractivity contribution is 0.102. The smallest absolute Gasteiger partial charge is 0.322 e. The maximum absolute atomic E-state index is 12.7. The normalized spacial score (nSPS) is 10.5. The molecule has 1 aromatic carbocycles. The summed E-state index contributed by atoms with van der Waals surface area (Å²) in [5, 5.41) is 4.95. The molecule has 0 atom stereocenters. The quantitative estimate of drug-likeness (QED) is 0.508. The van der Waals surface area contributed by atoms with Crippen LogP contribution in [0.25, 0.3) is 11.0 Å². The minimum absolute atomic E-state index is 0.197. The molecule has 4 rings (SSSR count). The molecule has 0 fully saturated rings. The van der Waals surface area contributed by atoms with Crippen molar-refractivity contribution in [2.75, 3.05) is 5.32 Å². The first-order chi connectivity index (χ1) is 14.4. The number of hydrogen-bond donors (Lipinski definition) is 1. The lowest BCUT2D eigenvalue weighted by atomic mass is 10.2. The largest absolute Gasteiger partial charge is 0.332 e. The van der Waals surface area contributed by atoms with Crippen LogP contribution in [0.2, 0.25) is 0 Å². The number of amides is 1. The molecule has 30 heavy (non-hydrogen) atoms. The van der Waals surface area contributed by atoms with Crippen molar-refractivity contribution in [3.05, 3.63) is 90.9 Å². The van der Waals surface area contributed by atoms with Crippen LogP contribution in [-0.4, -0.2) is 20.0 Å². The SMILES string of the molecule is Cn1c(=O)c2cc(C(=O)Nc3cccc(C#Cc4cccs4)c3)cnc2n(C)c1=O. The monoisotopic (exact) mass is 416 g/mol. The number of aromatic nitrogens is 3. The summed E-state index contributed by atoms with van der Waals surface area (Å²) in [5.41, 5.74) is 0.811. The molecule has 3 heterocycles. The summed E-state index contributed by atoms with van der Waals surface area (Å²) in [6.07, 6.45) is 1.34. The summed E-state index contributed by atoms with van der Waals surface area (Å²) in [7, 11) is 2.92. The summed E-state index contributed by atoms with van der Waals surface area (Å²) in [6, 6.07) is 12.5. The summed E-state index contributed by atoms with van der Waals surface area (Å²) in [5.74, 6) is 5.73. The fourth-order valence-corrected chi connectivity index (χ4v) is 3.52. The van der Waals surface area contributed by atoms with Gasteiger partial charge < -0.3 is 5.32 Å². The molecule has 0 aliphatic rings. The Morgan fingerprint density at radius 2 is 1.90 bits per heavy atom. The van der Waals surface area contributed by atoms with Gasteiger partial charge in [0.25, 0.3) is 11.5 Å². The Bertz CT molecular complexity index is 1450. The second-order valence-corrected chi connectivity index (χ2v) is 7.51. The number of anilines is 1. The first kappa shape index (κ1) is 19.4. The van der Waals surface area contributed by atoms with Crippen LogP contribution in [0.15, 0.2) is 63.6 Å². The molecule has 1 N–H and O–H groups in total. The minimum atomic E-state index is -0.499. The van der Waals surface area contributed by atoms with E-state index in [1.165, 1.54) is 30.9 Å². The number of nitrogens with zero attached hydrogens (tertiary/aromatic N) is 3. The van der Waals surface area contributed by atoms with Gasteiger partial charge in [-0.2, -0.15) is 0 Å². The lowest BCUT2D eigenvalue weighted by Gasteiger charge is -2.09. The molecule has 0 aliphatic carbocycles. The molecular formula is C22H16N4O3S. The lowest BCUT2D eigenvalue weighted by Crippen LogP contribution is -2.37. The van der Waals surface area contributed by atoms with Gasteiger partial charge in [0.2, 0.25) is 0 Å². The number of rotatable bonds is 2. The maximum Gasteiger partial charge on any atom is 0.332 e. The Labute approximate surface area is 175 Å². The zero-order valence-corrected chi connectivity index (χ0v) is 17.0. The van der Waals surface area contributed by atoms with Crippen LogP contribution in [0.4, 0.5) is 5.69 Å². The highest BCUT2D eigenvalue weighted by Crippen LogP contribution is 2.14. The van der Waals surface area contributed by atoms with E-state index in [0.29, 0.717) is 5.69 Å². The van der Waals surface area contributed by atoms with E-state index < -0.39 is 17.2 Å². The van der Waals surface area contributed by atoms with Crippen LogP contribution in [-0.2, 0) is 14.1 Å². The Balaban J connectivity index is 1.63. The molecular weight excluding hydrogens is 400 g/mol. The third kappa shape index (κ3) is 3.66. The molecule has 0 unspecified atom stereocenters. The topological polar surface area (TPSA) is 86.0 Å². The van der Waals surface area contributed by atoms with Crippen molar-refractivity contribution in [1.29, 1.82) is 0 Å². The van der Waals surface area contributed by atoms with Gasteiger partial charge in [-0.1, -0.05) is 24.0 Å². The third-order valence-electron chi connectivity index (χ3n) is 4.53. The molecule has 0 aliphatic heterocycles. The molecule has 0 saturated carbocycles. The minimum Gasteiger partial charge on any atom is -0.322 e. The van der Waals surface area contributed by atoms with Crippen LogP contribution in [0.5, 0.6) is 0 Å². The van der Waals surface area contributed by atoms with E-state index in [2.05, 4.69) is 22.1 Å². The molecule has 148 valence electrons. The predicted molar refractivity (Wildman–Crippen MR) is 117 cm³/mol. The Morgan fingerprint density at radius 1 is 1.07 bits per heavy atom. The van der Waals surface area contributed by atoms with Gasteiger partial charge in [0.1, 0.15) is 5.65 Å². The highest BCUT2D eigenvalue weighted by atomic mass is 32.1. The van der Waals surface area contributed by atoms with Crippen LogP contribution >= 0.6 is 11.3 Å². The van der Waals surface area contributed by atoms with Crippen LogP contribution in [0.3, 0.4) is 0 Å². The van der Waals surface area contributed by atoms with E-state index >= 15 is 0 Å². The second kappa shape index (κ2) is 7.81. The first-order valence-corrected chi connectivity index (χ1v) is 9.85. The summed E-state index contributed by atoms with van der Waals surface area (Å²) < 4.78 is 2.26. The molecule has 0 radical (unpaired) electrons. The van der Waals surface area contributed by atoms with Gasteiger partial charge in [-0.25, -0.2) is 9.78 Å². The van der Waals surface area contributed by atoms with Crippen molar-refractivity contribution in [2.24, 2.45) is 14.1 Å². The molecule has 1 amide bonds. The van der Waals surface area contributed by atoms with Gasteiger partial charge in [0.15, 0.2) is 0 Å². The van der Waals surface area contributed by atoms with E-state index in [9.17, 15) is 14.4 Å². The van der Waals surface area contributed by atoms with Gasteiger partial charge >= 0.3 is 5.69 Å². The van der Waals surface area contributed by atoms with E-state index in [1.54, 1.807) is 29.5 Å². The number of hydrogen-bond acceptors (Lipinski definition) is 5. The van der Waals surface area contributed by atoms with Crippen LogP contribution < -0.4 is 16.6 Å². The fraction of sp³-hybridized carbons (Fsp3) is 0.0909. The van der Waals surface area contributed by atoms with Crippen LogP contribution in [0.1, 0.15) is 20.8 Å². The summed E-state index contributed by atoms with van der Waals surface area (Å²) in [6.45, 7) is 0. The van der Waals surface area contributed by atoms with Gasteiger partial charge in [-0.3, -0.25) is 18.7 Å². The number of benzene rings is 1. The average molecular weight is 416 g/mol. The highest BCUT2D eigenvalue weighted by molar-refractivity contribution is 7.10. The highest BCUT2D eigenvalue weighted by Gasteiger charge is 2.14. The number of carbonyl (C=O) groups is 1. The zero-order valence-electron chi connectivity index (χ0n) is 16.2. The van der Waals surface area contributed by atoms with Gasteiger partial charge in [-0.05, 0) is 35.7 Å². The number of carbonyl (C=O) groups excluding carboxylic acids is 1. The summed E-state index contributed by atoms with van der Waals surface area (Å²) >= 11 is 1.56. The van der Waals surface area contributed by atoms with Gasteiger partial charge in [-0.15, -0.1) is 11.3 Å². The standard InChI is InChI=1S/C22H16N4O3S/c1-25-19-18(21(28)26(2)22(25)29)12-15(13-23-19)20(27)24-16-6-3-5-14(11-16)8-9-17-7-4-10-30-17/h3-7,10-13H,1-2H3,(H,24,27). The number of aryl methyl sites for hydroxylation is 1. The molecule has 3 aromatic heterocycles. The van der Waals surface area contributed by atoms with Crippen molar-refractivity contribution in [2.45, 2.75) is 0 Å². The van der Waals surface area contributed by atoms with Gasteiger partial charge in [0, 0.05) is 31.5 Å². The molecule has 0 bridgehead atoms. The van der Waals surface area contributed by atoms with Crippen molar-refractivity contribution in [1.82, 2.24) is 14.1 Å². The number of pyridine rings is 1. The predicted octanol–water partition coefficient (Wildman–Crippen LogP) is 2.35. The van der Waals surface area contributed by atoms with Crippen LogP contribution in [0, 0.1) is 11.8 Å². The van der Waals surface area contributed by atoms with E-state index in [0.717, 1.165) is 15.0 Å². The Kier molecular flexibility index (Phi) is 5.04. The molecule has 7 nitrogen and oxygen atoms in total.